The van der Waals surface area contributed by atoms with Crippen molar-refractivity contribution in [1.82, 2.24) is 0 Å². The van der Waals surface area contributed by atoms with Gasteiger partial charge in [-0.2, -0.15) is 0 Å². The van der Waals surface area contributed by atoms with E-state index < -0.39 is 21.2 Å². The molecule has 0 aliphatic carbocycles. The average molecular weight is 257 g/mol. The Morgan fingerprint density at radius 3 is 2.41 bits per heavy atom. The van der Waals surface area contributed by atoms with Crippen LogP contribution in [0.2, 0.25) is 0 Å². The number of carbonyl (C=O) groups excluding carboxylic acids is 1. The van der Waals surface area contributed by atoms with Crippen molar-refractivity contribution in [1.29, 1.82) is 0 Å². The molecule has 1 aromatic rings. The summed E-state index contributed by atoms with van der Waals surface area (Å²) < 4.78 is 30.4. The van der Waals surface area contributed by atoms with Gasteiger partial charge in [0, 0.05) is 0 Å². The Kier molecular flexibility index (Phi) is 4.11. The Labute approximate surface area is 101 Å². The van der Waals surface area contributed by atoms with Crippen LogP contribution in [0.3, 0.4) is 0 Å². The number of hydrogen-bond donors (Lipinski definition) is 1. The van der Waals surface area contributed by atoms with Gasteiger partial charge in [-0.15, -0.1) is 0 Å². The second-order valence-corrected chi connectivity index (χ2v) is 5.97. The van der Waals surface area contributed by atoms with Crippen LogP contribution in [0.5, 0.6) is 0 Å². The number of carbonyl (C=O) groups is 1. The van der Waals surface area contributed by atoms with Crippen molar-refractivity contribution in [3.05, 3.63) is 29.8 Å². The Morgan fingerprint density at radius 2 is 1.88 bits per heavy atom. The number of nitrogens with one attached hydrogen (secondary N) is 1. The van der Waals surface area contributed by atoms with Crippen LogP contribution in [0.25, 0.3) is 0 Å². The zero-order chi connectivity index (χ0) is 13.1. The number of benzene rings is 1. The number of rotatable bonds is 4. The summed E-state index contributed by atoms with van der Waals surface area (Å²) in [7, 11) is -2.23. The minimum atomic E-state index is -3.47. The summed E-state index contributed by atoms with van der Waals surface area (Å²) in [6, 6.07) is 6.31. The maximum Gasteiger partial charge on any atom is 0.339 e. The Bertz CT molecular complexity index is 508. The zero-order valence-electron chi connectivity index (χ0n) is 9.93. The first-order valence-corrected chi connectivity index (χ1v) is 6.62. The Hall–Kier alpha value is -1.56. The van der Waals surface area contributed by atoms with Gasteiger partial charge in [-0.3, -0.25) is 4.72 Å². The highest BCUT2D eigenvalue weighted by atomic mass is 32.2. The highest BCUT2D eigenvalue weighted by Crippen LogP contribution is 2.18. The van der Waals surface area contributed by atoms with E-state index in [-0.39, 0.29) is 11.3 Å². The van der Waals surface area contributed by atoms with E-state index in [1.54, 1.807) is 26.0 Å². The van der Waals surface area contributed by atoms with Gasteiger partial charge in [-0.05, 0) is 26.0 Å². The van der Waals surface area contributed by atoms with Gasteiger partial charge in [0.25, 0.3) is 0 Å². The lowest BCUT2D eigenvalue weighted by Gasteiger charge is -2.13. The first kappa shape index (κ1) is 13.5. The monoisotopic (exact) mass is 257 g/mol. The van der Waals surface area contributed by atoms with Crippen molar-refractivity contribution in [2.45, 2.75) is 19.1 Å². The van der Waals surface area contributed by atoms with Crippen LogP contribution in [0.15, 0.2) is 24.3 Å². The van der Waals surface area contributed by atoms with E-state index in [0.29, 0.717) is 0 Å². The van der Waals surface area contributed by atoms with Crippen molar-refractivity contribution in [2.24, 2.45) is 0 Å². The van der Waals surface area contributed by atoms with Gasteiger partial charge in [-0.25, -0.2) is 13.2 Å². The van der Waals surface area contributed by atoms with E-state index in [9.17, 15) is 13.2 Å². The maximum absolute atomic E-state index is 11.7. The molecule has 1 N–H and O–H groups in total. The molecule has 0 aliphatic heterocycles. The molecule has 0 saturated carbocycles. The van der Waals surface area contributed by atoms with Crippen LogP contribution in [-0.4, -0.2) is 26.7 Å². The fourth-order valence-electron chi connectivity index (χ4n) is 1.13. The molecular formula is C11H15NO4S. The molecule has 0 radical (unpaired) electrons. The van der Waals surface area contributed by atoms with Gasteiger partial charge in [0.05, 0.1) is 23.6 Å². The van der Waals surface area contributed by atoms with E-state index >= 15 is 0 Å². The lowest BCUT2D eigenvalue weighted by molar-refractivity contribution is 0.0602. The molecule has 0 aliphatic rings. The van der Waals surface area contributed by atoms with Gasteiger partial charge in [0.2, 0.25) is 10.0 Å². The lowest BCUT2D eigenvalue weighted by atomic mass is 10.2. The normalized spacial score (nSPS) is 11.3. The van der Waals surface area contributed by atoms with Crippen LogP contribution in [-0.2, 0) is 14.8 Å². The topological polar surface area (TPSA) is 72.5 Å². The molecule has 0 spiro atoms. The minimum Gasteiger partial charge on any atom is -0.465 e. The summed E-state index contributed by atoms with van der Waals surface area (Å²) in [5, 5.41) is -0.576. The third-order valence-corrected chi connectivity index (χ3v) is 3.95. The number of sulfonamides is 1. The number of hydrogen-bond acceptors (Lipinski definition) is 4. The van der Waals surface area contributed by atoms with Gasteiger partial charge < -0.3 is 4.74 Å². The third-order valence-electron chi connectivity index (χ3n) is 2.21. The van der Waals surface area contributed by atoms with Gasteiger partial charge in [-0.1, -0.05) is 12.1 Å². The zero-order valence-corrected chi connectivity index (χ0v) is 10.7. The highest BCUT2D eigenvalue weighted by Gasteiger charge is 2.19. The van der Waals surface area contributed by atoms with E-state index in [1.165, 1.54) is 19.2 Å². The smallest absolute Gasteiger partial charge is 0.339 e. The summed E-state index contributed by atoms with van der Waals surface area (Å²) in [4.78, 5) is 11.4. The SMILES string of the molecule is COC(=O)c1ccccc1NS(=O)(=O)C(C)C. The van der Waals surface area contributed by atoms with Crippen molar-refractivity contribution in [2.75, 3.05) is 11.8 Å². The summed E-state index contributed by atoms with van der Waals surface area (Å²) in [5.41, 5.74) is 0.423. The molecule has 94 valence electrons. The van der Waals surface area contributed by atoms with Gasteiger partial charge in [0.15, 0.2) is 0 Å². The molecule has 0 atom stereocenters. The number of ether oxygens (including phenoxy) is 1. The molecule has 0 aromatic heterocycles. The van der Waals surface area contributed by atoms with Crippen LogP contribution in [0.1, 0.15) is 24.2 Å². The van der Waals surface area contributed by atoms with Crippen molar-refractivity contribution in [3.63, 3.8) is 0 Å². The standard InChI is InChI=1S/C11H15NO4S/c1-8(2)17(14,15)12-10-7-5-4-6-9(10)11(13)16-3/h4-8,12H,1-3H3. The first-order valence-electron chi connectivity index (χ1n) is 5.07. The molecule has 1 rings (SSSR count). The van der Waals surface area contributed by atoms with Crippen molar-refractivity contribution < 1.29 is 17.9 Å². The summed E-state index contributed by atoms with van der Waals surface area (Å²) in [5.74, 6) is -0.577. The van der Waals surface area contributed by atoms with Gasteiger partial charge in [0.1, 0.15) is 0 Å². The lowest BCUT2D eigenvalue weighted by Crippen LogP contribution is -2.23. The largest absolute Gasteiger partial charge is 0.465 e. The van der Waals surface area contributed by atoms with Crippen LogP contribution in [0, 0.1) is 0 Å². The van der Waals surface area contributed by atoms with E-state index in [0.717, 1.165) is 0 Å². The molecule has 0 saturated heterocycles. The third kappa shape index (κ3) is 3.20. The Morgan fingerprint density at radius 1 is 1.29 bits per heavy atom. The van der Waals surface area contributed by atoms with Crippen LogP contribution < -0.4 is 4.72 Å². The molecule has 5 nitrogen and oxygen atoms in total. The fourth-order valence-corrected chi connectivity index (χ4v) is 1.85. The van der Waals surface area contributed by atoms with E-state index in [1.807, 2.05) is 0 Å². The number of para-hydroxylation sites is 1. The second-order valence-electron chi connectivity index (χ2n) is 3.73. The van der Waals surface area contributed by atoms with Crippen LogP contribution >= 0.6 is 0 Å². The predicted octanol–water partition coefficient (Wildman–Crippen LogP) is 1.62. The maximum atomic E-state index is 11.7. The van der Waals surface area contributed by atoms with Crippen LogP contribution in [0.4, 0.5) is 5.69 Å². The summed E-state index contributed by atoms with van der Waals surface area (Å²) in [6.45, 7) is 3.12. The Balaban J connectivity index is 3.12. The second kappa shape index (κ2) is 5.18. The molecule has 0 fully saturated rings. The summed E-state index contributed by atoms with van der Waals surface area (Å²) >= 11 is 0. The average Bonchev–Trinajstić information content (AvgIpc) is 2.28. The van der Waals surface area contributed by atoms with E-state index in [4.69, 9.17) is 0 Å². The predicted molar refractivity (Wildman–Crippen MR) is 65.5 cm³/mol. The van der Waals surface area contributed by atoms with Gasteiger partial charge >= 0.3 is 5.97 Å². The molecule has 0 unspecified atom stereocenters. The number of esters is 1. The molecule has 17 heavy (non-hydrogen) atoms. The van der Waals surface area contributed by atoms with Crippen molar-refractivity contribution in [3.8, 4) is 0 Å². The fraction of sp³-hybridized carbons (Fsp3) is 0.364. The quantitative estimate of drug-likeness (QED) is 0.832. The molecular weight excluding hydrogens is 242 g/mol. The number of methoxy groups -OCH3 is 1. The highest BCUT2D eigenvalue weighted by molar-refractivity contribution is 7.93. The van der Waals surface area contributed by atoms with Crippen molar-refractivity contribution >= 4 is 21.7 Å². The molecule has 0 bridgehead atoms. The van der Waals surface area contributed by atoms with E-state index in [2.05, 4.69) is 9.46 Å². The molecule has 6 heteroatoms. The minimum absolute atomic E-state index is 0.194. The molecule has 1 aromatic carbocycles. The summed E-state index contributed by atoms with van der Waals surface area (Å²) in [6.07, 6.45) is 0. The molecule has 0 amide bonds. The first-order chi connectivity index (χ1) is 7.88. The molecule has 0 heterocycles. The number of anilines is 1.